The number of para-hydroxylation sites is 1. The fourth-order valence-electron chi connectivity index (χ4n) is 6.22. The number of hydrogen-bond donors (Lipinski definition) is 0. The molecule has 0 unspecified atom stereocenters. The maximum Gasteiger partial charge on any atom is 0.0553 e. The first-order valence-electron chi connectivity index (χ1n) is 18.0. The van der Waals surface area contributed by atoms with Crippen molar-refractivity contribution in [1.29, 1.82) is 0 Å². The van der Waals surface area contributed by atoms with Crippen LogP contribution in [-0.2, 0) is 25.5 Å². The Kier molecular flexibility index (Phi) is 6.49. The number of aryl methyl sites for hydroxylation is 4. The van der Waals surface area contributed by atoms with E-state index in [0.29, 0.717) is 11.3 Å². The second-order valence-corrected chi connectivity index (χ2v) is 12.5. The summed E-state index contributed by atoms with van der Waals surface area (Å²) in [6.45, 7) is 6.61. The molecule has 231 valence electrons. The quantitative estimate of drug-likeness (QED) is 0.164. The number of fused-ring (bicyclic) bond motifs is 6. The number of aromatic nitrogens is 4. The van der Waals surface area contributed by atoms with Gasteiger partial charge in [0.25, 0.3) is 0 Å². The number of rotatable bonds is 2. The van der Waals surface area contributed by atoms with Gasteiger partial charge in [0.1, 0.15) is 0 Å². The van der Waals surface area contributed by atoms with Gasteiger partial charge in [-0.05, 0) is 66.3 Å². The molecule has 0 atom stereocenters. The van der Waals surface area contributed by atoms with Gasteiger partial charge in [-0.15, -0.1) is 59.2 Å². The first-order valence-corrected chi connectivity index (χ1v) is 15.0. The van der Waals surface area contributed by atoms with E-state index < -0.39 is 13.7 Å². The van der Waals surface area contributed by atoms with Gasteiger partial charge >= 0.3 is 0 Å². The van der Waals surface area contributed by atoms with Crippen LogP contribution in [0.5, 0.6) is 0 Å². The minimum Gasteiger partial charge on any atom is -0.350 e. The molecule has 0 bridgehead atoms. The summed E-state index contributed by atoms with van der Waals surface area (Å²) in [7, 11) is 0. The summed E-state index contributed by atoms with van der Waals surface area (Å²) in [6, 6.07) is 31.1. The Labute approximate surface area is 292 Å². The van der Waals surface area contributed by atoms with Crippen molar-refractivity contribution in [3.8, 4) is 22.5 Å². The Balaban J connectivity index is 0.000000193. The molecule has 5 heterocycles. The van der Waals surface area contributed by atoms with E-state index in [1.165, 1.54) is 62.5 Å². The molecule has 5 heteroatoms. The van der Waals surface area contributed by atoms with Gasteiger partial charge in [-0.25, -0.2) is 0 Å². The summed E-state index contributed by atoms with van der Waals surface area (Å²) in [5.74, 6) is 0. The molecule has 8 rings (SSSR count). The smallest absolute Gasteiger partial charge is 0.0553 e. The zero-order chi connectivity index (χ0) is 36.5. The van der Waals surface area contributed by atoms with Crippen LogP contribution in [0.25, 0.3) is 60.6 Å². The molecular weight excluding hydrogens is 741 g/mol. The van der Waals surface area contributed by atoms with Crippen molar-refractivity contribution in [3.63, 3.8) is 0 Å². The molecule has 8 aromatic rings. The third-order valence-corrected chi connectivity index (χ3v) is 8.37. The molecular formula is C41H36IrN4-2. The minimum atomic E-state index is -2.18. The molecule has 0 saturated heterocycles. The Hall–Kier alpha value is -4.44. The van der Waals surface area contributed by atoms with Gasteiger partial charge < -0.3 is 14.4 Å². The molecule has 46 heavy (non-hydrogen) atoms. The molecule has 0 N–H and O–H groups in total. The van der Waals surface area contributed by atoms with Gasteiger partial charge in [-0.3, -0.25) is 4.98 Å². The average molecular weight is 783 g/mol. The minimum absolute atomic E-state index is 0. The first-order chi connectivity index (χ1) is 24.0. The number of nitrogens with zero attached hydrogens (tertiary/aromatic N) is 4. The second kappa shape index (κ2) is 12.1. The number of benzene rings is 3. The van der Waals surface area contributed by atoms with Gasteiger partial charge in [0.15, 0.2) is 0 Å². The molecule has 0 spiro atoms. The maximum atomic E-state index is 7.28. The summed E-state index contributed by atoms with van der Waals surface area (Å²) >= 11 is 0. The van der Waals surface area contributed by atoms with E-state index in [4.69, 9.17) is 18.2 Å². The van der Waals surface area contributed by atoms with E-state index in [-0.39, 0.29) is 36.6 Å². The van der Waals surface area contributed by atoms with E-state index in [1.54, 1.807) is 12.1 Å². The van der Waals surface area contributed by atoms with E-state index in [2.05, 4.69) is 98.6 Å². The molecule has 4 nitrogen and oxygen atoms in total. The van der Waals surface area contributed by atoms with Crippen molar-refractivity contribution >= 4 is 38.1 Å². The van der Waals surface area contributed by atoms with Crippen molar-refractivity contribution in [2.45, 2.75) is 53.7 Å². The molecule has 3 aromatic carbocycles. The van der Waals surface area contributed by atoms with E-state index in [0.717, 1.165) is 28.2 Å². The van der Waals surface area contributed by atoms with Crippen LogP contribution in [0.1, 0.15) is 57.1 Å². The largest absolute Gasteiger partial charge is 0.350 e. The van der Waals surface area contributed by atoms with Gasteiger partial charge in [-0.1, -0.05) is 69.4 Å². The van der Waals surface area contributed by atoms with E-state index in [1.807, 2.05) is 12.3 Å². The van der Waals surface area contributed by atoms with Gasteiger partial charge in [0.05, 0.1) is 5.52 Å². The molecule has 0 aliphatic carbocycles. The van der Waals surface area contributed by atoms with Crippen LogP contribution in [0.4, 0.5) is 0 Å². The van der Waals surface area contributed by atoms with Crippen molar-refractivity contribution in [2.75, 3.05) is 0 Å². The Morgan fingerprint density at radius 2 is 1.52 bits per heavy atom. The normalized spacial score (nSPS) is 14.1. The summed E-state index contributed by atoms with van der Waals surface area (Å²) in [5, 5.41) is 4.94. The number of pyridine rings is 3. The van der Waals surface area contributed by atoms with Crippen molar-refractivity contribution in [2.24, 2.45) is 0 Å². The van der Waals surface area contributed by atoms with Crippen molar-refractivity contribution < 1.29 is 28.3 Å². The molecule has 0 aliphatic rings. The fraction of sp³-hybridized carbons (Fsp3) is 0.195. The third kappa shape index (κ3) is 5.38. The van der Waals surface area contributed by atoms with Crippen LogP contribution in [0, 0.1) is 39.7 Å². The van der Waals surface area contributed by atoms with E-state index in [9.17, 15) is 0 Å². The third-order valence-electron chi connectivity index (χ3n) is 8.37. The predicted molar refractivity (Wildman–Crippen MR) is 187 cm³/mol. The summed E-state index contributed by atoms with van der Waals surface area (Å²) in [4.78, 5) is 13.8. The van der Waals surface area contributed by atoms with Crippen LogP contribution in [0.15, 0.2) is 91.3 Å². The molecule has 0 fully saturated rings. The zero-order valence-electron chi connectivity index (χ0n) is 32.3. The predicted octanol–water partition coefficient (Wildman–Crippen LogP) is 10.2. The Morgan fingerprint density at radius 1 is 0.761 bits per heavy atom. The Bertz CT molecular complexity index is 2490. The van der Waals surface area contributed by atoms with Crippen LogP contribution in [0.3, 0.4) is 0 Å². The van der Waals surface area contributed by atoms with Gasteiger partial charge in [0, 0.05) is 73.8 Å². The Morgan fingerprint density at radius 3 is 2.22 bits per heavy atom. The monoisotopic (exact) mass is 783 g/mol. The van der Waals surface area contributed by atoms with Crippen LogP contribution >= 0.6 is 0 Å². The second-order valence-electron chi connectivity index (χ2n) is 12.5. The molecule has 0 saturated carbocycles. The number of hydrogen-bond acceptors (Lipinski definition) is 3. The average Bonchev–Trinajstić information content (AvgIpc) is 3.61. The van der Waals surface area contributed by atoms with E-state index >= 15 is 0 Å². The zero-order valence-corrected chi connectivity index (χ0v) is 28.7. The fourth-order valence-corrected chi connectivity index (χ4v) is 6.22. The van der Waals surface area contributed by atoms with Crippen molar-refractivity contribution in [3.05, 3.63) is 131 Å². The van der Waals surface area contributed by atoms with Crippen LogP contribution < -0.4 is 0 Å². The molecule has 5 aromatic heterocycles. The topological polar surface area (TPSA) is 43.1 Å². The molecule has 0 aliphatic heterocycles. The van der Waals surface area contributed by atoms with Gasteiger partial charge in [-0.2, -0.15) is 0 Å². The molecule has 0 amide bonds. The first kappa shape index (κ1) is 24.7. The summed E-state index contributed by atoms with van der Waals surface area (Å²) in [5.41, 5.74) is 10.7. The van der Waals surface area contributed by atoms with Crippen molar-refractivity contribution in [1.82, 2.24) is 19.4 Å². The summed E-state index contributed by atoms with van der Waals surface area (Å²) < 4.78 is 46.1. The SMILES string of the molecule is Cc1nc(C)c2c3cc[c-]c(-c4cc(C(C)(C)C)ccn4)c3n3c4ccccc4c1c23.[2H]C([2H])([2H])c1c[c-]c(-c2ccc(C([2H])([2H])[2H])cn2)cc1.[Ir]. The summed E-state index contributed by atoms with van der Waals surface area (Å²) in [6.07, 6.45) is 3.22. The van der Waals surface area contributed by atoms with Gasteiger partial charge in [0.2, 0.25) is 0 Å². The molecule has 1 radical (unpaired) electrons. The standard InChI is InChI=1S/C28H24N3.C13H12N.Ir/c1-16-24-20-9-6-7-12-23(20)31-26-19(22-15-18(13-14-29-22)28(3,4)5)10-8-11-21(26)25(27(24)31)17(2)30-16;1-10-3-6-12(7-4-10)13-8-5-11(2)9-14-13;/h6-9,11-15H,1-5H3;3-6,8-9H,1-2H3;/q2*-1;/i;1D3,2D3;. The van der Waals surface area contributed by atoms with Crippen LogP contribution in [0.2, 0.25) is 0 Å². The maximum absolute atomic E-state index is 7.28. The van der Waals surface area contributed by atoms with Crippen LogP contribution in [-0.4, -0.2) is 19.4 Å².